The van der Waals surface area contributed by atoms with Gasteiger partial charge in [0.25, 0.3) is 5.91 Å². The molecule has 3 aromatic rings. The number of benzene rings is 1. The highest BCUT2D eigenvalue weighted by atomic mass is 16.3. The lowest BCUT2D eigenvalue weighted by Gasteiger charge is -2.03. The van der Waals surface area contributed by atoms with E-state index in [2.05, 4.69) is 10.4 Å². The molecule has 0 aliphatic rings. The molecule has 0 saturated heterocycles. The first-order chi connectivity index (χ1) is 9.95. The van der Waals surface area contributed by atoms with Gasteiger partial charge in [-0.2, -0.15) is 5.10 Å². The van der Waals surface area contributed by atoms with Gasteiger partial charge < -0.3 is 9.73 Å². The molecule has 0 spiro atoms. The van der Waals surface area contributed by atoms with E-state index in [-0.39, 0.29) is 5.91 Å². The quantitative estimate of drug-likeness (QED) is 0.784. The van der Waals surface area contributed by atoms with Gasteiger partial charge in [-0.05, 0) is 32.9 Å². The van der Waals surface area contributed by atoms with Gasteiger partial charge in [-0.1, -0.05) is 11.6 Å². The molecular weight excluding hydrogens is 266 g/mol. The molecule has 1 amide bonds. The Hall–Kier alpha value is -2.56. The summed E-state index contributed by atoms with van der Waals surface area (Å²) in [6, 6.07) is 7.71. The van der Waals surface area contributed by atoms with Crippen molar-refractivity contribution in [2.24, 2.45) is 7.05 Å². The van der Waals surface area contributed by atoms with E-state index in [4.69, 9.17) is 4.42 Å². The zero-order valence-corrected chi connectivity index (χ0v) is 12.5. The van der Waals surface area contributed by atoms with Crippen LogP contribution in [0.25, 0.3) is 11.0 Å². The Bertz CT molecular complexity index is 843. The van der Waals surface area contributed by atoms with Crippen LogP contribution < -0.4 is 5.32 Å². The number of rotatable bonds is 2. The number of nitrogens with zero attached hydrogens (tertiary/aromatic N) is 2. The number of hydrogen-bond acceptors (Lipinski definition) is 3. The van der Waals surface area contributed by atoms with Crippen LogP contribution in [0.3, 0.4) is 0 Å². The number of nitrogens with one attached hydrogen (secondary N) is 1. The molecule has 3 rings (SSSR count). The number of furan rings is 1. The third-order valence-electron chi connectivity index (χ3n) is 3.54. The number of fused-ring (bicyclic) bond motifs is 1. The molecular formula is C16H17N3O2. The summed E-state index contributed by atoms with van der Waals surface area (Å²) in [5, 5.41) is 8.01. The Morgan fingerprint density at radius 1 is 1.24 bits per heavy atom. The highest BCUT2D eigenvalue weighted by Gasteiger charge is 2.18. The molecule has 0 unspecified atom stereocenters. The second-order valence-electron chi connectivity index (χ2n) is 5.30. The van der Waals surface area contributed by atoms with Gasteiger partial charge in [0.2, 0.25) is 0 Å². The largest absolute Gasteiger partial charge is 0.451 e. The van der Waals surface area contributed by atoms with Gasteiger partial charge in [-0.15, -0.1) is 0 Å². The fraction of sp³-hybridized carbons (Fsp3) is 0.250. The number of hydrogen-bond donors (Lipinski definition) is 1. The molecule has 0 aliphatic carbocycles. The highest BCUT2D eigenvalue weighted by molar-refractivity contribution is 6.06. The topological polar surface area (TPSA) is 60.1 Å². The van der Waals surface area contributed by atoms with E-state index in [1.807, 2.05) is 45.0 Å². The van der Waals surface area contributed by atoms with E-state index >= 15 is 0 Å². The minimum absolute atomic E-state index is 0.260. The van der Waals surface area contributed by atoms with Crippen LogP contribution in [0.5, 0.6) is 0 Å². The van der Waals surface area contributed by atoms with E-state index in [9.17, 15) is 4.79 Å². The van der Waals surface area contributed by atoms with Gasteiger partial charge in [-0.25, -0.2) is 0 Å². The van der Waals surface area contributed by atoms with Gasteiger partial charge in [0.15, 0.2) is 5.76 Å². The highest BCUT2D eigenvalue weighted by Crippen LogP contribution is 2.26. The Kier molecular flexibility index (Phi) is 3.05. The number of anilines is 1. The Morgan fingerprint density at radius 2 is 2.00 bits per heavy atom. The van der Waals surface area contributed by atoms with Crippen molar-refractivity contribution >= 4 is 22.7 Å². The number of carbonyl (C=O) groups excluding carboxylic acids is 1. The summed E-state index contributed by atoms with van der Waals surface area (Å²) >= 11 is 0. The maximum absolute atomic E-state index is 12.4. The zero-order chi connectivity index (χ0) is 15.1. The predicted octanol–water partition coefficient (Wildman–Crippen LogP) is 3.34. The van der Waals surface area contributed by atoms with Gasteiger partial charge in [-0.3, -0.25) is 9.48 Å². The molecule has 0 aliphatic heterocycles. The number of carbonyl (C=O) groups is 1. The van der Waals surface area contributed by atoms with E-state index in [0.717, 1.165) is 27.8 Å². The first-order valence-electron chi connectivity index (χ1n) is 6.77. The Morgan fingerprint density at radius 3 is 2.67 bits per heavy atom. The van der Waals surface area contributed by atoms with Crippen molar-refractivity contribution in [2.45, 2.75) is 20.8 Å². The lowest BCUT2D eigenvalue weighted by molar-refractivity contribution is 0.0997. The fourth-order valence-electron chi connectivity index (χ4n) is 2.45. The molecule has 0 atom stereocenters. The Labute approximate surface area is 122 Å². The fourth-order valence-corrected chi connectivity index (χ4v) is 2.45. The smallest absolute Gasteiger partial charge is 0.292 e. The van der Waals surface area contributed by atoms with Crippen LogP contribution >= 0.6 is 0 Å². The standard InChI is InChI=1S/C16H17N3O2/c1-9-5-6-13-12(7-9)11(3)15(21-13)16(20)17-14-8-10(2)18-19(14)4/h5-8H,1-4H3,(H,17,20). The average Bonchev–Trinajstić information content (AvgIpc) is 2.91. The molecule has 0 radical (unpaired) electrons. The van der Waals surface area contributed by atoms with Crippen LogP contribution in [0.15, 0.2) is 28.7 Å². The van der Waals surface area contributed by atoms with E-state index in [1.54, 1.807) is 11.7 Å². The Balaban J connectivity index is 1.98. The molecule has 2 aromatic heterocycles. The van der Waals surface area contributed by atoms with Crippen molar-refractivity contribution < 1.29 is 9.21 Å². The van der Waals surface area contributed by atoms with Crippen LogP contribution in [0, 0.1) is 20.8 Å². The lowest BCUT2D eigenvalue weighted by atomic mass is 10.1. The van der Waals surface area contributed by atoms with Crippen molar-refractivity contribution in [2.75, 3.05) is 5.32 Å². The van der Waals surface area contributed by atoms with Gasteiger partial charge in [0.05, 0.1) is 5.69 Å². The van der Waals surface area contributed by atoms with Crippen LogP contribution in [0.4, 0.5) is 5.82 Å². The van der Waals surface area contributed by atoms with Crippen molar-refractivity contribution in [1.82, 2.24) is 9.78 Å². The first kappa shape index (κ1) is 13.4. The summed E-state index contributed by atoms with van der Waals surface area (Å²) < 4.78 is 7.33. The zero-order valence-electron chi connectivity index (χ0n) is 12.5. The molecule has 1 aromatic carbocycles. The molecule has 5 nitrogen and oxygen atoms in total. The van der Waals surface area contributed by atoms with Gasteiger partial charge in [0.1, 0.15) is 11.4 Å². The minimum atomic E-state index is -0.260. The van der Waals surface area contributed by atoms with Crippen LogP contribution in [-0.4, -0.2) is 15.7 Å². The maximum atomic E-state index is 12.4. The van der Waals surface area contributed by atoms with Crippen molar-refractivity contribution in [3.8, 4) is 0 Å². The van der Waals surface area contributed by atoms with E-state index in [1.165, 1.54) is 0 Å². The first-order valence-corrected chi connectivity index (χ1v) is 6.77. The second-order valence-corrected chi connectivity index (χ2v) is 5.30. The molecule has 0 fully saturated rings. The van der Waals surface area contributed by atoms with Crippen molar-refractivity contribution in [3.63, 3.8) is 0 Å². The monoisotopic (exact) mass is 283 g/mol. The summed E-state index contributed by atoms with van der Waals surface area (Å²) in [6.45, 7) is 5.80. The molecule has 5 heteroatoms. The van der Waals surface area contributed by atoms with Crippen molar-refractivity contribution in [1.29, 1.82) is 0 Å². The predicted molar refractivity (Wildman–Crippen MR) is 81.6 cm³/mol. The maximum Gasteiger partial charge on any atom is 0.292 e. The third kappa shape index (κ3) is 2.31. The second kappa shape index (κ2) is 4.77. The van der Waals surface area contributed by atoms with Gasteiger partial charge >= 0.3 is 0 Å². The molecule has 108 valence electrons. The number of aromatic nitrogens is 2. The summed E-state index contributed by atoms with van der Waals surface area (Å²) in [5.41, 5.74) is 3.57. The van der Waals surface area contributed by atoms with E-state index < -0.39 is 0 Å². The average molecular weight is 283 g/mol. The lowest BCUT2D eigenvalue weighted by Crippen LogP contribution is -2.14. The van der Waals surface area contributed by atoms with Gasteiger partial charge in [0, 0.05) is 24.1 Å². The SMILES string of the molecule is Cc1ccc2oc(C(=O)Nc3cc(C)nn3C)c(C)c2c1. The summed E-state index contributed by atoms with van der Waals surface area (Å²) in [5.74, 6) is 0.729. The minimum Gasteiger partial charge on any atom is -0.451 e. The summed E-state index contributed by atoms with van der Waals surface area (Å²) in [4.78, 5) is 12.4. The summed E-state index contributed by atoms with van der Waals surface area (Å²) in [7, 11) is 1.79. The molecule has 2 heterocycles. The molecule has 1 N–H and O–H groups in total. The third-order valence-corrected chi connectivity index (χ3v) is 3.54. The van der Waals surface area contributed by atoms with Crippen molar-refractivity contribution in [3.05, 3.63) is 46.8 Å². The normalized spacial score (nSPS) is 11.0. The molecule has 21 heavy (non-hydrogen) atoms. The molecule has 0 saturated carbocycles. The molecule has 0 bridgehead atoms. The van der Waals surface area contributed by atoms with Crippen LogP contribution in [0.1, 0.15) is 27.4 Å². The van der Waals surface area contributed by atoms with Crippen LogP contribution in [-0.2, 0) is 7.05 Å². The number of aryl methyl sites for hydroxylation is 4. The number of amides is 1. The summed E-state index contributed by atoms with van der Waals surface area (Å²) in [6.07, 6.45) is 0. The van der Waals surface area contributed by atoms with E-state index in [0.29, 0.717) is 11.6 Å². The van der Waals surface area contributed by atoms with Crippen LogP contribution in [0.2, 0.25) is 0 Å².